The third-order valence-electron chi connectivity index (χ3n) is 6.55. The molecule has 166 valence electrons. The number of carbonyl (C=O) groups excluding carboxylic acids is 2. The minimum atomic E-state index is -0.0282. The van der Waals surface area contributed by atoms with Crippen LogP contribution in [-0.4, -0.2) is 57.9 Å². The Bertz CT molecular complexity index is 1130. The summed E-state index contributed by atoms with van der Waals surface area (Å²) in [7, 11) is 1.64. The number of methoxy groups -OCH3 is 1. The lowest BCUT2D eigenvalue weighted by atomic mass is 10.1. The first kappa shape index (κ1) is 20.5. The maximum atomic E-state index is 12.9. The fourth-order valence-electron chi connectivity index (χ4n) is 4.82. The minimum Gasteiger partial charge on any atom is -0.497 e. The number of hydrogen-bond acceptors (Lipinski definition) is 4. The standard InChI is InChI=1S/C25H28N4O3/c1-32-20-10-8-18(9-11-20)15-28-16-19(14-23(28)30)25-26-21-6-2-3-7-22(21)29(25)17-24(31)27-12-4-5-13-27/h2-3,6-11,19H,4-5,12-17H2,1H3. The Morgan fingerprint density at radius 3 is 2.59 bits per heavy atom. The van der Waals surface area contributed by atoms with Crippen molar-refractivity contribution in [2.45, 2.75) is 38.3 Å². The molecule has 0 bridgehead atoms. The summed E-state index contributed by atoms with van der Waals surface area (Å²) in [5, 5.41) is 0. The van der Waals surface area contributed by atoms with Gasteiger partial charge in [0.05, 0.1) is 18.1 Å². The summed E-state index contributed by atoms with van der Waals surface area (Å²) in [6.07, 6.45) is 2.55. The molecule has 2 saturated heterocycles. The summed E-state index contributed by atoms with van der Waals surface area (Å²) >= 11 is 0. The van der Waals surface area contributed by atoms with E-state index in [1.807, 2.05) is 62.9 Å². The molecule has 0 N–H and O–H groups in total. The zero-order valence-electron chi connectivity index (χ0n) is 18.4. The monoisotopic (exact) mass is 432 g/mol. The van der Waals surface area contributed by atoms with Crippen molar-refractivity contribution < 1.29 is 14.3 Å². The first-order valence-corrected chi connectivity index (χ1v) is 11.3. The van der Waals surface area contributed by atoms with E-state index in [0.29, 0.717) is 19.5 Å². The molecule has 0 saturated carbocycles. The molecule has 3 aromatic rings. The molecular formula is C25H28N4O3. The van der Waals surface area contributed by atoms with Crippen LogP contribution in [0, 0.1) is 0 Å². The van der Waals surface area contributed by atoms with E-state index < -0.39 is 0 Å². The number of hydrogen-bond donors (Lipinski definition) is 0. The van der Waals surface area contributed by atoms with Gasteiger partial charge in [-0.15, -0.1) is 0 Å². The van der Waals surface area contributed by atoms with Crippen LogP contribution in [0.3, 0.4) is 0 Å². The molecule has 0 radical (unpaired) electrons. The molecule has 3 heterocycles. The van der Waals surface area contributed by atoms with Crippen LogP contribution in [-0.2, 0) is 22.7 Å². The quantitative estimate of drug-likeness (QED) is 0.600. The van der Waals surface area contributed by atoms with Crippen LogP contribution in [0.25, 0.3) is 11.0 Å². The van der Waals surface area contributed by atoms with E-state index in [1.165, 1.54) is 0 Å². The van der Waals surface area contributed by atoms with Gasteiger partial charge in [-0.1, -0.05) is 24.3 Å². The Morgan fingerprint density at radius 2 is 1.84 bits per heavy atom. The van der Waals surface area contributed by atoms with E-state index >= 15 is 0 Å². The normalized spacial score (nSPS) is 18.7. The van der Waals surface area contributed by atoms with Gasteiger partial charge >= 0.3 is 0 Å². The van der Waals surface area contributed by atoms with Crippen molar-refractivity contribution in [1.82, 2.24) is 19.4 Å². The minimum absolute atomic E-state index is 0.0282. The number of imidazole rings is 1. The van der Waals surface area contributed by atoms with Crippen molar-refractivity contribution >= 4 is 22.8 Å². The number of carbonyl (C=O) groups is 2. The van der Waals surface area contributed by atoms with Crippen molar-refractivity contribution in [3.8, 4) is 5.75 Å². The summed E-state index contributed by atoms with van der Waals surface area (Å²) < 4.78 is 7.26. The summed E-state index contributed by atoms with van der Waals surface area (Å²) in [6.45, 7) is 3.11. The molecule has 1 unspecified atom stereocenters. The molecule has 2 amide bonds. The summed E-state index contributed by atoms with van der Waals surface area (Å²) in [5.74, 6) is 1.86. The molecule has 2 aliphatic rings. The SMILES string of the molecule is COc1ccc(CN2CC(c3nc4ccccc4n3CC(=O)N3CCCC3)CC2=O)cc1. The molecule has 7 nitrogen and oxygen atoms in total. The highest BCUT2D eigenvalue weighted by Crippen LogP contribution is 2.31. The zero-order valence-corrected chi connectivity index (χ0v) is 18.4. The number of fused-ring (bicyclic) bond motifs is 1. The van der Waals surface area contributed by atoms with Crippen LogP contribution in [0.1, 0.15) is 36.6 Å². The summed E-state index contributed by atoms with van der Waals surface area (Å²) in [5.41, 5.74) is 2.89. The van der Waals surface area contributed by atoms with E-state index in [-0.39, 0.29) is 24.3 Å². The van der Waals surface area contributed by atoms with Crippen molar-refractivity contribution in [1.29, 1.82) is 0 Å². The third-order valence-corrected chi connectivity index (χ3v) is 6.55. The molecule has 0 spiro atoms. The van der Waals surface area contributed by atoms with Gasteiger partial charge in [-0.25, -0.2) is 4.98 Å². The van der Waals surface area contributed by atoms with E-state index in [2.05, 4.69) is 0 Å². The summed E-state index contributed by atoms with van der Waals surface area (Å²) in [4.78, 5) is 34.5. The van der Waals surface area contributed by atoms with E-state index in [9.17, 15) is 9.59 Å². The fraction of sp³-hybridized carbons (Fsp3) is 0.400. The maximum absolute atomic E-state index is 12.9. The Morgan fingerprint density at radius 1 is 1.09 bits per heavy atom. The van der Waals surface area contributed by atoms with Crippen molar-refractivity contribution in [2.24, 2.45) is 0 Å². The number of nitrogens with zero attached hydrogens (tertiary/aromatic N) is 4. The Hall–Kier alpha value is -3.35. The molecule has 1 atom stereocenters. The molecule has 2 aromatic carbocycles. The Kier molecular flexibility index (Phi) is 5.55. The van der Waals surface area contributed by atoms with Crippen molar-refractivity contribution in [2.75, 3.05) is 26.7 Å². The van der Waals surface area contributed by atoms with Crippen LogP contribution in [0.15, 0.2) is 48.5 Å². The molecular weight excluding hydrogens is 404 g/mol. The molecule has 2 fully saturated rings. The van der Waals surface area contributed by atoms with Crippen LogP contribution in [0.4, 0.5) is 0 Å². The topological polar surface area (TPSA) is 67.7 Å². The second kappa shape index (κ2) is 8.65. The van der Waals surface area contributed by atoms with E-state index in [4.69, 9.17) is 9.72 Å². The second-order valence-electron chi connectivity index (χ2n) is 8.66. The molecule has 32 heavy (non-hydrogen) atoms. The number of para-hydroxylation sites is 2. The average Bonchev–Trinajstić information content (AvgIpc) is 3.54. The number of ether oxygens (including phenoxy) is 1. The van der Waals surface area contributed by atoms with Crippen molar-refractivity contribution in [3.63, 3.8) is 0 Å². The number of amides is 2. The molecule has 2 aliphatic heterocycles. The first-order chi connectivity index (χ1) is 15.6. The van der Waals surface area contributed by atoms with Gasteiger partial charge < -0.3 is 19.1 Å². The lowest BCUT2D eigenvalue weighted by molar-refractivity contribution is -0.130. The van der Waals surface area contributed by atoms with Crippen LogP contribution >= 0.6 is 0 Å². The molecule has 0 aliphatic carbocycles. The Balaban J connectivity index is 1.38. The van der Waals surface area contributed by atoms with Gasteiger partial charge in [0, 0.05) is 38.5 Å². The van der Waals surface area contributed by atoms with Crippen LogP contribution in [0.5, 0.6) is 5.75 Å². The third kappa shape index (κ3) is 3.95. The van der Waals surface area contributed by atoms with Gasteiger partial charge in [0.15, 0.2) is 0 Å². The predicted molar refractivity (Wildman–Crippen MR) is 121 cm³/mol. The van der Waals surface area contributed by atoms with Gasteiger partial charge in [0.2, 0.25) is 11.8 Å². The second-order valence-corrected chi connectivity index (χ2v) is 8.66. The summed E-state index contributed by atoms with van der Waals surface area (Å²) in [6, 6.07) is 15.7. The van der Waals surface area contributed by atoms with Crippen LogP contribution < -0.4 is 4.74 Å². The van der Waals surface area contributed by atoms with Gasteiger partial charge in [0.1, 0.15) is 18.1 Å². The van der Waals surface area contributed by atoms with Gasteiger partial charge in [0.25, 0.3) is 0 Å². The number of aromatic nitrogens is 2. The van der Waals surface area contributed by atoms with Gasteiger partial charge in [-0.05, 0) is 42.7 Å². The highest BCUT2D eigenvalue weighted by molar-refractivity contribution is 5.83. The Labute approximate surface area is 187 Å². The predicted octanol–water partition coefficient (Wildman–Crippen LogP) is 3.18. The van der Waals surface area contributed by atoms with Gasteiger partial charge in [-0.2, -0.15) is 0 Å². The molecule has 5 rings (SSSR count). The van der Waals surface area contributed by atoms with E-state index in [0.717, 1.165) is 54.1 Å². The fourth-order valence-corrected chi connectivity index (χ4v) is 4.82. The molecule has 7 heteroatoms. The number of benzene rings is 2. The number of likely N-dealkylation sites (tertiary alicyclic amines) is 2. The molecule has 1 aromatic heterocycles. The number of rotatable bonds is 6. The largest absolute Gasteiger partial charge is 0.497 e. The highest BCUT2D eigenvalue weighted by atomic mass is 16.5. The zero-order chi connectivity index (χ0) is 22.1. The average molecular weight is 433 g/mol. The smallest absolute Gasteiger partial charge is 0.242 e. The first-order valence-electron chi connectivity index (χ1n) is 11.3. The lowest BCUT2D eigenvalue weighted by Gasteiger charge is -2.19. The van der Waals surface area contributed by atoms with Crippen LogP contribution in [0.2, 0.25) is 0 Å². The van der Waals surface area contributed by atoms with Gasteiger partial charge in [-0.3, -0.25) is 9.59 Å². The highest BCUT2D eigenvalue weighted by Gasteiger charge is 2.34. The van der Waals surface area contributed by atoms with Crippen molar-refractivity contribution in [3.05, 3.63) is 59.9 Å². The maximum Gasteiger partial charge on any atom is 0.242 e. The van der Waals surface area contributed by atoms with E-state index in [1.54, 1.807) is 7.11 Å². The lowest BCUT2D eigenvalue weighted by Crippen LogP contribution is -2.32.